The van der Waals surface area contributed by atoms with Crippen molar-refractivity contribution < 1.29 is 4.74 Å². The van der Waals surface area contributed by atoms with Crippen molar-refractivity contribution in [2.24, 2.45) is 5.92 Å². The molecule has 2 rings (SSSR count). The molecule has 1 aromatic rings. The highest BCUT2D eigenvalue weighted by Crippen LogP contribution is 2.15. The molecule has 1 aromatic heterocycles. The normalized spacial score (nSPS) is 16.8. The molecule has 1 aliphatic heterocycles. The lowest BCUT2D eigenvalue weighted by atomic mass is 10.1. The van der Waals surface area contributed by atoms with Gasteiger partial charge < -0.3 is 10.1 Å². The summed E-state index contributed by atoms with van der Waals surface area (Å²) in [5, 5.41) is 3.45. The first-order chi connectivity index (χ1) is 10.1. The monoisotopic (exact) mass is 291 g/mol. The Morgan fingerprint density at radius 1 is 1.29 bits per heavy atom. The number of nitrogens with zero attached hydrogens (tertiary/aromatic N) is 2. The molecule has 1 saturated heterocycles. The minimum absolute atomic E-state index is 0.628. The molecule has 4 heteroatoms. The highest BCUT2D eigenvalue weighted by atomic mass is 16.5. The Balaban J connectivity index is 1.84. The van der Waals surface area contributed by atoms with E-state index in [9.17, 15) is 0 Å². The van der Waals surface area contributed by atoms with Crippen LogP contribution in [0, 0.1) is 5.92 Å². The van der Waals surface area contributed by atoms with Gasteiger partial charge in [0.05, 0.1) is 11.4 Å². The van der Waals surface area contributed by atoms with Gasteiger partial charge in [0.1, 0.15) is 0 Å². The molecule has 1 aliphatic rings. The first-order valence-corrected chi connectivity index (χ1v) is 8.08. The number of aromatic nitrogens is 1. The maximum atomic E-state index is 5.43. The Labute approximate surface area is 128 Å². The molecule has 2 heterocycles. The molecule has 0 radical (unpaired) electrons. The Bertz CT molecular complexity index is 416. The van der Waals surface area contributed by atoms with E-state index in [1.807, 2.05) is 0 Å². The van der Waals surface area contributed by atoms with Crippen molar-refractivity contribution in [1.82, 2.24) is 15.2 Å². The second-order valence-electron chi connectivity index (χ2n) is 6.40. The van der Waals surface area contributed by atoms with Crippen molar-refractivity contribution in [2.45, 2.75) is 45.8 Å². The van der Waals surface area contributed by atoms with Crippen LogP contribution in [0.2, 0.25) is 0 Å². The molecule has 118 valence electrons. The third-order valence-electron chi connectivity index (χ3n) is 3.95. The number of hydrogen-bond donors (Lipinski definition) is 1. The summed E-state index contributed by atoms with van der Waals surface area (Å²) in [6.07, 6.45) is 2.26. The predicted octanol–water partition coefficient (Wildman–Crippen LogP) is 2.44. The Morgan fingerprint density at radius 3 is 2.71 bits per heavy atom. The SMILES string of the molecule is CC(C)CNCc1cccc(CN(C)C2CCOCC2)n1. The van der Waals surface area contributed by atoms with E-state index in [2.05, 4.69) is 49.3 Å². The molecule has 0 aromatic carbocycles. The second-order valence-corrected chi connectivity index (χ2v) is 6.40. The van der Waals surface area contributed by atoms with E-state index in [4.69, 9.17) is 9.72 Å². The quantitative estimate of drug-likeness (QED) is 0.837. The summed E-state index contributed by atoms with van der Waals surface area (Å²) in [4.78, 5) is 7.18. The molecule has 0 unspecified atom stereocenters. The van der Waals surface area contributed by atoms with Gasteiger partial charge in [-0.1, -0.05) is 19.9 Å². The van der Waals surface area contributed by atoms with Crippen LogP contribution >= 0.6 is 0 Å². The maximum Gasteiger partial charge on any atom is 0.0547 e. The van der Waals surface area contributed by atoms with E-state index >= 15 is 0 Å². The van der Waals surface area contributed by atoms with Gasteiger partial charge in [-0.15, -0.1) is 0 Å². The van der Waals surface area contributed by atoms with Crippen molar-refractivity contribution >= 4 is 0 Å². The lowest BCUT2D eigenvalue weighted by Crippen LogP contribution is -2.36. The van der Waals surface area contributed by atoms with Gasteiger partial charge in [-0.2, -0.15) is 0 Å². The third-order valence-corrected chi connectivity index (χ3v) is 3.95. The number of nitrogens with one attached hydrogen (secondary N) is 1. The second kappa shape index (κ2) is 8.47. The smallest absolute Gasteiger partial charge is 0.0547 e. The molecule has 0 saturated carbocycles. The molecule has 0 atom stereocenters. The fourth-order valence-electron chi connectivity index (χ4n) is 2.72. The van der Waals surface area contributed by atoms with Crippen LogP contribution in [0.25, 0.3) is 0 Å². The van der Waals surface area contributed by atoms with Crippen molar-refractivity contribution in [3.8, 4) is 0 Å². The van der Waals surface area contributed by atoms with Crippen LogP contribution in [0.15, 0.2) is 18.2 Å². The Hall–Kier alpha value is -0.970. The van der Waals surface area contributed by atoms with E-state index in [1.165, 1.54) is 0 Å². The first kappa shape index (κ1) is 16.4. The minimum atomic E-state index is 0.628. The summed E-state index contributed by atoms with van der Waals surface area (Å²) in [5.41, 5.74) is 2.29. The molecule has 1 fully saturated rings. The van der Waals surface area contributed by atoms with Crippen molar-refractivity contribution in [1.29, 1.82) is 0 Å². The van der Waals surface area contributed by atoms with E-state index in [-0.39, 0.29) is 0 Å². The van der Waals surface area contributed by atoms with Crippen LogP contribution < -0.4 is 5.32 Å². The standard InChI is InChI=1S/C17H29N3O/c1-14(2)11-18-12-15-5-4-6-16(19-15)13-20(3)17-7-9-21-10-8-17/h4-6,14,17-18H,7-13H2,1-3H3. The number of hydrogen-bond acceptors (Lipinski definition) is 4. The summed E-state index contributed by atoms with van der Waals surface area (Å²) in [7, 11) is 2.20. The number of pyridine rings is 1. The van der Waals surface area contributed by atoms with Crippen LogP contribution in [0.4, 0.5) is 0 Å². The summed E-state index contributed by atoms with van der Waals surface area (Å²) in [6.45, 7) is 9.03. The van der Waals surface area contributed by atoms with Gasteiger partial charge >= 0.3 is 0 Å². The molecule has 0 spiro atoms. The number of rotatable bonds is 7. The summed E-state index contributed by atoms with van der Waals surface area (Å²) in [5.74, 6) is 0.674. The van der Waals surface area contributed by atoms with Gasteiger partial charge in [-0.3, -0.25) is 9.88 Å². The van der Waals surface area contributed by atoms with E-state index in [0.29, 0.717) is 12.0 Å². The van der Waals surface area contributed by atoms with E-state index in [0.717, 1.165) is 57.1 Å². The summed E-state index contributed by atoms with van der Waals surface area (Å²) >= 11 is 0. The highest BCUT2D eigenvalue weighted by Gasteiger charge is 2.18. The average molecular weight is 291 g/mol. The third kappa shape index (κ3) is 5.73. The van der Waals surface area contributed by atoms with Crippen LogP contribution in [0.3, 0.4) is 0 Å². The largest absolute Gasteiger partial charge is 0.381 e. The zero-order valence-electron chi connectivity index (χ0n) is 13.6. The van der Waals surface area contributed by atoms with E-state index in [1.54, 1.807) is 0 Å². The molecule has 21 heavy (non-hydrogen) atoms. The topological polar surface area (TPSA) is 37.4 Å². The van der Waals surface area contributed by atoms with E-state index < -0.39 is 0 Å². The van der Waals surface area contributed by atoms with Crippen molar-refractivity contribution in [2.75, 3.05) is 26.8 Å². The average Bonchev–Trinajstić information content (AvgIpc) is 2.48. The van der Waals surface area contributed by atoms with Crippen molar-refractivity contribution in [3.63, 3.8) is 0 Å². The van der Waals surface area contributed by atoms with Gasteiger partial charge in [0, 0.05) is 32.3 Å². The van der Waals surface area contributed by atoms with Crippen LogP contribution in [0.1, 0.15) is 38.1 Å². The molecule has 1 N–H and O–H groups in total. The fourth-order valence-corrected chi connectivity index (χ4v) is 2.72. The Kier molecular flexibility index (Phi) is 6.61. The first-order valence-electron chi connectivity index (χ1n) is 8.08. The maximum absolute atomic E-state index is 5.43. The minimum Gasteiger partial charge on any atom is -0.381 e. The van der Waals surface area contributed by atoms with Gasteiger partial charge in [-0.05, 0) is 44.5 Å². The molecule has 0 aliphatic carbocycles. The van der Waals surface area contributed by atoms with Gasteiger partial charge in [0.2, 0.25) is 0 Å². The van der Waals surface area contributed by atoms with Crippen LogP contribution in [-0.2, 0) is 17.8 Å². The summed E-state index contributed by atoms with van der Waals surface area (Å²) < 4.78 is 5.43. The van der Waals surface area contributed by atoms with Crippen LogP contribution in [-0.4, -0.2) is 42.7 Å². The summed E-state index contributed by atoms with van der Waals surface area (Å²) in [6, 6.07) is 6.97. The lowest BCUT2D eigenvalue weighted by Gasteiger charge is -2.30. The molecular weight excluding hydrogens is 262 g/mol. The Morgan fingerprint density at radius 2 is 2.00 bits per heavy atom. The number of ether oxygens (including phenoxy) is 1. The lowest BCUT2D eigenvalue weighted by molar-refractivity contribution is 0.0403. The molecule has 0 amide bonds. The van der Waals surface area contributed by atoms with Crippen molar-refractivity contribution in [3.05, 3.63) is 29.6 Å². The highest BCUT2D eigenvalue weighted by molar-refractivity contribution is 5.11. The van der Waals surface area contributed by atoms with Gasteiger partial charge in [0.25, 0.3) is 0 Å². The molecule has 4 nitrogen and oxygen atoms in total. The predicted molar refractivity (Wildman–Crippen MR) is 86.1 cm³/mol. The zero-order valence-corrected chi connectivity index (χ0v) is 13.6. The fraction of sp³-hybridized carbons (Fsp3) is 0.706. The van der Waals surface area contributed by atoms with Gasteiger partial charge in [-0.25, -0.2) is 0 Å². The molecule has 0 bridgehead atoms. The van der Waals surface area contributed by atoms with Crippen LogP contribution in [0.5, 0.6) is 0 Å². The zero-order chi connectivity index (χ0) is 15.1. The molecular formula is C17H29N3O. The van der Waals surface area contributed by atoms with Gasteiger partial charge in [0.15, 0.2) is 0 Å².